The Labute approximate surface area is 163 Å². The largest absolute Gasteiger partial charge is 0.302 e. The summed E-state index contributed by atoms with van der Waals surface area (Å²) in [5, 5.41) is 11.6. The topological polar surface area (TPSA) is 77.3 Å². The molecule has 0 N–H and O–H groups in total. The smallest absolute Gasteiger partial charge is 0.276 e. The van der Waals surface area contributed by atoms with Crippen LogP contribution in [0.5, 0.6) is 0 Å². The molecule has 1 unspecified atom stereocenters. The van der Waals surface area contributed by atoms with Gasteiger partial charge in [-0.25, -0.2) is 4.39 Å². The number of nitrogens with zero attached hydrogens (tertiary/aromatic N) is 1. The summed E-state index contributed by atoms with van der Waals surface area (Å²) in [5.41, 5.74) is -0.641. The maximum atomic E-state index is 13.8. The predicted molar refractivity (Wildman–Crippen MR) is 105 cm³/mol. The summed E-state index contributed by atoms with van der Waals surface area (Å²) in [6, 6.07) is 8.98. The molecule has 5 nitrogen and oxygen atoms in total. The van der Waals surface area contributed by atoms with E-state index in [1.54, 1.807) is 58.9 Å². The molecular formula is C22H24FNO4. The third kappa shape index (κ3) is 3.86. The van der Waals surface area contributed by atoms with Gasteiger partial charge in [0, 0.05) is 17.5 Å². The zero-order chi connectivity index (χ0) is 21.3. The van der Waals surface area contributed by atoms with Crippen LogP contribution in [0.3, 0.4) is 0 Å². The summed E-state index contributed by atoms with van der Waals surface area (Å²) in [5.74, 6) is -0.825. The fourth-order valence-electron chi connectivity index (χ4n) is 3.52. The van der Waals surface area contributed by atoms with Crippen LogP contribution < -0.4 is 0 Å². The van der Waals surface area contributed by atoms with Crippen molar-refractivity contribution < 1.29 is 18.9 Å². The van der Waals surface area contributed by atoms with Crippen molar-refractivity contribution >= 4 is 17.8 Å². The number of nitro groups is 1. The number of Topliss-reactive ketones (excluding diaryl/α,β-unsaturated/α-hetero) is 1. The van der Waals surface area contributed by atoms with E-state index in [4.69, 9.17) is 0 Å². The Morgan fingerprint density at radius 3 is 2.32 bits per heavy atom. The van der Waals surface area contributed by atoms with Crippen molar-refractivity contribution in [1.82, 2.24) is 0 Å². The number of carbonyl (C=O) groups excluding carboxylic acids is 2. The highest BCUT2D eigenvalue weighted by atomic mass is 19.1. The van der Waals surface area contributed by atoms with Crippen LogP contribution in [-0.2, 0) is 20.4 Å². The second kappa shape index (κ2) is 7.62. The van der Waals surface area contributed by atoms with Gasteiger partial charge in [-0.1, -0.05) is 24.3 Å². The van der Waals surface area contributed by atoms with Crippen molar-refractivity contribution in [3.63, 3.8) is 0 Å². The van der Waals surface area contributed by atoms with Crippen LogP contribution in [0.4, 0.5) is 10.1 Å². The number of aldehydes is 1. The molecule has 0 aliphatic rings. The molecule has 0 bridgehead atoms. The van der Waals surface area contributed by atoms with Crippen LogP contribution in [0.1, 0.15) is 49.4 Å². The normalized spacial score (nSPS) is 13.6. The van der Waals surface area contributed by atoms with Crippen molar-refractivity contribution in [3.05, 3.63) is 74.6 Å². The van der Waals surface area contributed by atoms with Crippen molar-refractivity contribution in [1.29, 1.82) is 0 Å². The van der Waals surface area contributed by atoms with Gasteiger partial charge in [-0.2, -0.15) is 0 Å². The summed E-state index contributed by atoms with van der Waals surface area (Å²) in [6.07, 6.45) is 0.451. The van der Waals surface area contributed by atoms with Gasteiger partial charge in [0.1, 0.15) is 17.9 Å². The van der Waals surface area contributed by atoms with Crippen LogP contribution >= 0.6 is 0 Å². The average molecular weight is 385 g/mol. The summed E-state index contributed by atoms with van der Waals surface area (Å²) >= 11 is 0. The van der Waals surface area contributed by atoms with E-state index in [0.717, 1.165) is 0 Å². The highest BCUT2D eigenvalue weighted by Crippen LogP contribution is 2.38. The van der Waals surface area contributed by atoms with Crippen molar-refractivity contribution in [2.75, 3.05) is 0 Å². The molecule has 2 aromatic rings. The van der Waals surface area contributed by atoms with E-state index in [9.17, 15) is 24.1 Å². The molecule has 1 atom stereocenters. The molecule has 0 heterocycles. The molecule has 0 aliphatic heterocycles. The minimum Gasteiger partial charge on any atom is -0.302 e. The number of ketones is 1. The first-order valence-corrected chi connectivity index (χ1v) is 8.95. The number of halogens is 1. The molecule has 6 heteroatoms. The fraction of sp³-hybridized carbons (Fsp3) is 0.364. The number of hydrogen-bond acceptors (Lipinski definition) is 4. The van der Waals surface area contributed by atoms with Gasteiger partial charge >= 0.3 is 0 Å². The SMILES string of the molecule is Cc1ccc(F)cc1C(C)(C=O)CC(=O)C(C)(C)c1cccc(C)c1[N+](=O)[O-]. The zero-order valence-electron chi connectivity index (χ0n) is 16.7. The Kier molecular flexibility index (Phi) is 5.83. The molecular weight excluding hydrogens is 361 g/mol. The lowest BCUT2D eigenvalue weighted by molar-refractivity contribution is -0.386. The van der Waals surface area contributed by atoms with Crippen LogP contribution in [0.15, 0.2) is 36.4 Å². The zero-order valence-corrected chi connectivity index (χ0v) is 16.7. The van der Waals surface area contributed by atoms with Gasteiger partial charge in [0.05, 0.1) is 15.8 Å². The van der Waals surface area contributed by atoms with Crippen molar-refractivity contribution in [2.45, 2.75) is 51.9 Å². The number of hydrogen-bond donors (Lipinski definition) is 0. The quantitative estimate of drug-likeness (QED) is 0.392. The first-order chi connectivity index (χ1) is 12.9. The highest BCUT2D eigenvalue weighted by molar-refractivity contribution is 5.94. The number of rotatable bonds is 7. The Hall–Kier alpha value is -2.89. The molecule has 0 saturated heterocycles. The summed E-state index contributed by atoms with van der Waals surface area (Å²) in [6.45, 7) is 8.17. The minimum absolute atomic E-state index is 0.101. The van der Waals surface area contributed by atoms with Gasteiger partial charge in [0.25, 0.3) is 5.69 Å². The second-order valence-corrected chi connectivity index (χ2v) is 7.95. The Bertz CT molecular complexity index is 952. The molecule has 0 spiro atoms. The molecule has 0 saturated carbocycles. The summed E-state index contributed by atoms with van der Waals surface area (Å²) in [4.78, 5) is 36.2. The predicted octanol–water partition coefficient (Wildman–Crippen LogP) is 4.74. The van der Waals surface area contributed by atoms with Crippen LogP contribution in [0, 0.1) is 29.8 Å². The van der Waals surface area contributed by atoms with Gasteiger partial charge in [-0.3, -0.25) is 14.9 Å². The monoisotopic (exact) mass is 385 g/mol. The molecule has 2 rings (SSSR count). The molecule has 28 heavy (non-hydrogen) atoms. The lowest BCUT2D eigenvalue weighted by atomic mass is 9.70. The Morgan fingerprint density at radius 2 is 1.75 bits per heavy atom. The lowest BCUT2D eigenvalue weighted by Gasteiger charge is -2.30. The molecule has 0 fully saturated rings. The fourth-order valence-corrected chi connectivity index (χ4v) is 3.52. The van der Waals surface area contributed by atoms with E-state index < -0.39 is 21.6 Å². The Morgan fingerprint density at radius 1 is 1.11 bits per heavy atom. The molecule has 0 radical (unpaired) electrons. The van der Waals surface area contributed by atoms with Gasteiger partial charge in [0.2, 0.25) is 0 Å². The van der Waals surface area contributed by atoms with Gasteiger partial charge in [0.15, 0.2) is 0 Å². The third-order valence-electron chi connectivity index (χ3n) is 5.39. The van der Waals surface area contributed by atoms with E-state index in [2.05, 4.69) is 0 Å². The first kappa shape index (κ1) is 21.4. The van der Waals surface area contributed by atoms with Gasteiger partial charge in [-0.15, -0.1) is 0 Å². The third-order valence-corrected chi connectivity index (χ3v) is 5.39. The molecule has 0 aliphatic carbocycles. The van der Waals surface area contributed by atoms with Crippen LogP contribution in [-0.4, -0.2) is 17.0 Å². The summed E-state index contributed by atoms with van der Waals surface area (Å²) in [7, 11) is 0. The van der Waals surface area contributed by atoms with E-state index in [-0.39, 0.29) is 17.9 Å². The molecule has 148 valence electrons. The maximum Gasteiger partial charge on any atom is 0.276 e. The first-order valence-electron chi connectivity index (χ1n) is 8.95. The average Bonchev–Trinajstić information content (AvgIpc) is 2.62. The second-order valence-electron chi connectivity index (χ2n) is 7.95. The van der Waals surface area contributed by atoms with Crippen LogP contribution in [0.2, 0.25) is 0 Å². The number of aryl methyl sites for hydroxylation is 2. The minimum atomic E-state index is -1.24. The standard InChI is InChI=1S/C22H24FNO4/c1-14-9-10-16(23)11-18(14)22(5,13-25)12-19(26)21(3,4)17-8-6-7-15(2)20(17)24(27)28/h6-11,13H,12H2,1-5H3. The Balaban J connectivity index is 2.50. The van der Waals surface area contributed by atoms with Gasteiger partial charge < -0.3 is 4.79 Å². The van der Waals surface area contributed by atoms with Crippen LogP contribution in [0.25, 0.3) is 0 Å². The lowest BCUT2D eigenvalue weighted by Crippen LogP contribution is -2.37. The van der Waals surface area contributed by atoms with E-state index >= 15 is 0 Å². The molecule has 0 amide bonds. The molecule has 2 aromatic carbocycles. The highest BCUT2D eigenvalue weighted by Gasteiger charge is 2.41. The van der Waals surface area contributed by atoms with Gasteiger partial charge in [-0.05, 0) is 57.9 Å². The van der Waals surface area contributed by atoms with E-state index in [1.807, 2.05) is 0 Å². The maximum absolute atomic E-state index is 13.8. The number of para-hydroxylation sites is 1. The number of carbonyl (C=O) groups is 2. The van der Waals surface area contributed by atoms with E-state index in [1.165, 1.54) is 12.1 Å². The summed E-state index contributed by atoms with van der Waals surface area (Å²) < 4.78 is 13.8. The molecule has 0 aromatic heterocycles. The van der Waals surface area contributed by atoms with Crippen molar-refractivity contribution in [3.8, 4) is 0 Å². The number of nitro benzene ring substituents is 1. The number of benzene rings is 2. The van der Waals surface area contributed by atoms with E-state index in [0.29, 0.717) is 28.5 Å². The van der Waals surface area contributed by atoms with Crippen molar-refractivity contribution in [2.24, 2.45) is 0 Å².